The lowest BCUT2D eigenvalue weighted by Gasteiger charge is -2.58. The summed E-state index contributed by atoms with van der Waals surface area (Å²) in [5.41, 5.74) is -0.627. The molecule has 0 aromatic heterocycles. The van der Waals surface area contributed by atoms with Crippen molar-refractivity contribution in [3.05, 3.63) is 0 Å². The summed E-state index contributed by atoms with van der Waals surface area (Å²) < 4.78 is 0.481. The normalized spacial score (nSPS) is 38.0. The van der Waals surface area contributed by atoms with Gasteiger partial charge in [-0.15, -0.1) is 0 Å². The number of hydrogen-bond acceptors (Lipinski definition) is 6. The zero-order valence-corrected chi connectivity index (χ0v) is 23.4. The summed E-state index contributed by atoms with van der Waals surface area (Å²) in [6.45, 7) is 6.50. The van der Waals surface area contributed by atoms with E-state index in [1.807, 2.05) is 28.1 Å². The first-order chi connectivity index (χ1) is 17.0. The predicted molar refractivity (Wildman–Crippen MR) is 135 cm³/mol. The highest BCUT2D eigenvalue weighted by Gasteiger charge is 2.66. The van der Waals surface area contributed by atoms with Crippen LogP contribution in [0, 0.1) is 46.3 Å². The molecule has 0 saturated heterocycles. The lowest BCUT2D eigenvalue weighted by atomic mass is 9.44. The lowest BCUT2D eigenvalue weighted by Crippen LogP contribution is -2.60. The van der Waals surface area contributed by atoms with Crippen LogP contribution >= 0.6 is 0 Å². The number of hydrogen-bond donors (Lipinski definition) is 1. The molecule has 0 radical (unpaired) electrons. The van der Waals surface area contributed by atoms with Crippen LogP contribution in [0.5, 0.6) is 0 Å². The number of likely N-dealkylation sites (N-methyl/N-ethyl adjacent to an activating group) is 1. The molecule has 4 aliphatic carbocycles. The summed E-state index contributed by atoms with van der Waals surface area (Å²) in [5, 5.41) is 19.2. The minimum Gasteiger partial charge on any atom is -0.550 e. The number of ketones is 3. The third kappa shape index (κ3) is 5.84. The van der Waals surface area contributed by atoms with Gasteiger partial charge in [0.15, 0.2) is 6.54 Å². The van der Waals surface area contributed by atoms with Crippen molar-refractivity contribution in [1.29, 1.82) is 0 Å². The molecule has 8 heteroatoms. The average molecular weight is 520 g/mol. The second-order valence-electron chi connectivity index (χ2n) is 13.7. The predicted octanol–water partition coefficient (Wildman–Crippen LogP) is 2.52. The molecular formula is C29H45NO7. The van der Waals surface area contributed by atoms with E-state index in [0.29, 0.717) is 36.6 Å². The molecule has 4 saturated carbocycles. The molecule has 0 bridgehead atoms. The fourth-order valence-corrected chi connectivity index (χ4v) is 8.34. The summed E-state index contributed by atoms with van der Waals surface area (Å²) >= 11 is 0. The first-order valence-corrected chi connectivity index (χ1v) is 13.8. The van der Waals surface area contributed by atoms with E-state index in [1.165, 1.54) is 0 Å². The van der Waals surface area contributed by atoms with Gasteiger partial charge in [0.25, 0.3) is 0 Å². The average Bonchev–Trinajstić information content (AvgIpc) is 3.11. The van der Waals surface area contributed by atoms with Gasteiger partial charge in [-0.1, -0.05) is 20.8 Å². The number of nitrogens with zero attached hydrogens (tertiary/aromatic N) is 1. The van der Waals surface area contributed by atoms with Gasteiger partial charge < -0.3 is 19.5 Å². The number of carboxylic acid groups (broad SMARTS) is 2. The summed E-state index contributed by atoms with van der Waals surface area (Å²) in [6.07, 6.45) is 5.08. The Morgan fingerprint density at radius 3 is 2.24 bits per heavy atom. The zero-order chi connectivity index (χ0) is 27.9. The fourth-order valence-electron chi connectivity index (χ4n) is 8.34. The van der Waals surface area contributed by atoms with Crippen LogP contribution in [0.2, 0.25) is 0 Å². The summed E-state index contributed by atoms with van der Waals surface area (Å²) in [7, 11) is 5.52. The van der Waals surface area contributed by atoms with Gasteiger partial charge in [0.1, 0.15) is 17.3 Å². The van der Waals surface area contributed by atoms with Gasteiger partial charge in [-0.25, -0.2) is 4.79 Å². The van der Waals surface area contributed by atoms with Gasteiger partial charge in [0, 0.05) is 43.0 Å². The van der Waals surface area contributed by atoms with Crippen LogP contribution in [-0.2, 0) is 24.0 Å². The molecule has 0 heterocycles. The molecule has 4 aliphatic rings. The van der Waals surface area contributed by atoms with Gasteiger partial charge in [0.05, 0.1) is 21.1 Å². The molecule has 0 amide bonds. The van der Waals surface area contributed by atoms with Crippen LogP contribution < -0.4 is 5.11 Å². The van der Waals surface area contributed by atoms with Gasteiger partial charge in [-0.2, -0.15) is 0 Å². The molecule has 37 heavy (non-hydrogen) atoms. The van der Waals surface area contributed by atoms with E-state index >= 15 is 0 Å². The molecular weight excluding hydrogens is 474 g/mol. The van der Waals surface area contributed by atoms with E-state index in [2.05, 4.69) is 13.8 Å². The SMILES string of the molecule is CC(CCC(=O)[O-])C1CCC2C3C(=O)CC4CC(=O)CCC4(C)C3CC(=O)C12C.C[N+](C)(C)CC(=O)O. The minimum absolute atomic E-state index is 0.0192. The highest BCUT2D eigenvalue weighted by Crippen LogP contribution is 2.66. The van der Waals surface area contributed by atoms with Crippen LogP contribution in [0.1, 0.15) is 78.6 Å². The molecule has 0 aromatic rings. The molecule has 0 aliphatic heterocycles. The standard InChI is InChI=1S/C24H34O5.C5H11NO2/c1-13(4-7-21(28)29)16-5-6-17-22-18(12-20(27)24(16,17)3)23(2)9-8-15(25)10-14(23)11-19(22)26;1-6(2,3)4-5(7)8/h13-14,16-18,22H,4-12H2,1-3H3,(H,28,29);4H2,1-3H3. The Morgan fingerprint density at radius 1 is 1.05 bits per heavy atom. The first-order valence-electron chi connectivity index (χ1n) is 13.8. The molecule has 8 nitrogen and oxygen atoms in total. The molecule has 208 valence electrons. The summed E-state index contributed by atoms with van der Waals surface area (Å²) in [5.74, 6) is -0.622. The van der Waals surface area contributed by atoms with E-state index in [4.69, 9.17) is 5.11 Å². The Balaban J connectivity index is 0.000000414. The fraction of sp³-hybridized carbons (Fsp3) is 0.828. The topological polar surface area (TPSA) is 129 Å². The van der Waals surface area contributed by atoms with Gasteiger partial charge in [-0.3, -0.25) is 14.4 Å². The Morgan fingerprint density at radius 2 is 1.70 bits per heavy atom. The number of aliphatic carboxylic acids is 2. The van der Waals surface area contributed by atoms with Crippen molar-refractivity contribution in [3.8, 4) is 0 Å². The van der Waals surface area contributed by atoms with Crippen molar-refractivity contribution in [3.63, 3.8) is 0 Å². The Hall–Kier alpha value is -2.09. The maximum absolute atomic E-state index is 13.6. The van der Waals surface area contributed by atoms with Crippen LogP contribution in [0.25, 0.3) is 0 Å². The van der Waals surface area contributed by atoms with Gasteiger partial charge in [0.2, 0.25) is 0 Å². The maximum Gasteiger partial charge on any atom is 0.359 e. The number of Topliss-reactive ketones (excluding diaryl/α,β-unsaturated/α-hetero) is 3. The highest BCUT2D eigenvalue weighted by atomic mass is 16.4. The molecule has 1 N–H and O–H groups in total. The third-order valence-electron chi connectivity index (χ3n) is 10.3. The smallest absolute Gasteiger partial charge is 0.359 e. The van der Waals surface area contributed by atoms with Crippen molar-refractivity contribution in [2.75, 3.05) is 27.7 Å². The van der Waals surface area contributed by atoms with Crippen LogP contribution in [-0.4, -0.2) is 66.6 Å². The van der Waals surface area contributed by atoms with E-state index in [9.17, 15) is 29.1 Å². The minimum atomic E-state index is -1.04. The lowest BCUT2D eigenvalue weighted by molar-refractivity contribution is -0.862. The molecule has 4 rings (SSSR count). The quantitative estimate of drug-likeness (QED) is 0.534. The molecule has 0 spiro atoms. The molecule has 0 aromatic carbocycles. The highest BCUT2D eigenvalue weighted by molar-refractivity contribution is 5.93. The van der Waals surface area contributed by atoms with Crippen molar-refractivity contribution in [2.24, 2.45) is 46.3 Å². The molecule has 4 fully saturated rings. The Labute approximate surface area is 220 Å². The monoisotopic (exact) mass is 519 g/mol. The van der Waals surface area contributed by atoms with Crippen LogP contribution in [0.3, 0.4) is 0 Å². The summed E-state index contributed by atoms with van der Waals surface area (Å²) in [6, 6.07) is 0. The number of rotatable bonds is 6. The number of carbonyl (C=O) groups is 5. The van der Waals surface area contributed by atoms with Gasteiger partial charge in [-0.05, 0) is 67.1 Å². The molecule has 8 atom stereocenters. The Bertz CT molecular complexity index is 952. The van der Waals surface area contributed by atoms with Crippen molar-refractivity contribution in [2.45, 2.75) is 78.6 Å². The van der Waals surface area contributed by atoms with E-state index in [1.54, 1.807) is 0 Å². The zero-order valence-electron chi connectivity index (χ0n) is 23.4. The van der Waals surface area contributed by atoms with Crippen molar-refractivity contribution in [1.82, 2.24) is 0 Å². The van der Waals surface area contributed by atoms with Gasteiger partial charge >= 0.3 is 5.97 Å². The number of quaternary nitrogens is 1. The summed E-state index contributed by atoms with van der Waals surface area (Å²) in [4.78, 5) is 59.8. The van der Waals surface area contributed by atoms with E-state index in [0.717, 1.165) is 19.3 Å². The van der Waals surface area contributed by atoms with Crippen LogP contribution in [0.15, 0.2) is 0 Å². The number of carboxylic acids is 2. The Kier molecular flexibility index (Phi) is 8.43. The second-order valence-corrected chi connectivity index (χ2v) is 13.7. The maximum atomic E-state index is 13.6. The second kappa shape index (κ2) is 10.6. The van der Waals surface area contributed by atoms with E-state index < -0.39 is 17.4 Å². The van der Waals surface area contributed by atoms with Crippen molar-refractivity contribution >= 4 is 29.3 Å². The largest absolute Gasteiger partial charge is 0.550 e. The van der Waals surface area contributed by atoms with Crippen LogP contribution in [0.4, 0.5) is 0 Å². The first kappa shape index (κ1) is 29.5. The number of fused-ring (bicyclic) bond motifs is 5. The number of carbonyl (C=O) groups excluding carboxylic acids is 4. The molecule has 8 unspecified atom stereocenters. The third-order valence-corrected chi connectivity index (χ3v) is 10.3. The van der Waals surface area contributed by atoms with Crippen molar-refractivity contribution < 1.29 is 38.7 Å². The van der Waals surface area contributed by atoms with E-state index in [-0.39, 0.29) is 71.2 Å².